The number of halogens is 2. The Balaban J connectivity index is 2.26. The van der Waals surface area contributed by atoms with Gasteiger partial charge >= 0.3 is 0 Å². The van der Waals surface area contributed by atoms with E-state index in [0.29, 0.717) is 5.56 Å². The zero-order valence-electron chi connectivity index (χ0n) is 10.6. The molecule has 5 nitrogen and oxygen atoms in total. The number of hydrogen-bond donors (Lipinski definition) is 1. The van der Waals surface area contributed by atoms with Gasteiger partial charge in [0, 0.05) is 18.2 Å². The van der Waals surface area contributed by atoms with E-state index in [1.165, 1.54) is 24.3 Å². The van der Waals surface area contributed by atoms with Crippen molar-refractivity contribution < 1.29 is 9.31 Å². The van der Waals surface area contributed by atoms with Gasteiger partial charge in [-0.25, -0.2) is 4.39 Å². The maximum atomic E-state index is 13.7. The van der Waals surface area contributed by atoms with Crippen molar-refractivity contribution in [3.8, 4) is 6.07 Å². The van der Waals surface area contributed by atoms with Gasteiger partial charge in [-0.2, -0.15) is 5.26 Å². The molecule has 2 aromatic rings. The Bertz CT molecular complexity index is 743. The first kappa shape index (κ1) is 14.8. The Morgan fingerprint density at radius 2 is 2.14 bits per heavy atom. The number of nitrogens with one attached hydrogen (secondary N) is 1. The average Bonchev–Trinajstić information content (AvgIpc) is 2.48. The fraction of sp³-hybridized carbons (Fsp3) is 0.0714. The molecule has 0 aliphatic carbocycles. The van der Waals surface area contributed by atoms with Crippen LogP contribution in [0.2, 0.25) is 5.02 Å². The van der Waals surface area contributed by atoms with Crippen molar-refractivity contribution in [3.63, 3.8) is 0 Å². The van der Waals surface area contributed by atoms with Crippen molar-refractivity contribution in [3.05, 3.63) is 68.5 Å². The second-order valence-electron chi connectivity index (χ2n) is 4.17. The van der Waals surface area contributed by atoms with E-state index in [1.807, 2.05) is 6.07 Å². The smallest absolute Gasteiger partial charge is 0.293 e. The molecule has 0 aliphatic rings. The van der Waals surface area contributed by atoms with Gasteiger partial charge in [0.2, 0.25) is 0 Å². The summed E-state index contributed by atoms with van der Waals surface area (Å²) in [7, 11) is 0. The third kappa shape index (κ3) is 3.27. The van der Waals surface area contributed by atoms with Crippen molar-refractivity contribution in [1.82, 2.24) is 0 Å². The summed E-state index contributed by atoms with van der Waals surface area (Å²) in [5.74, 6) is -0.567. The van der Waals surface area contributed by atoms with E-state index in [-0.39, 0.29) is 28.5 Å². The van der Waals surface area contributed by atoms with Gasteiger partial charge in [-0.15, -0.1) is 0 Å². The van der Waals surface area contributed by atoms with Crippen LogP contribution in [0, 0.1) is 27.3 Å². The maximum Gasteiger partial charge on any atom is 0.293 e. The topological polar surface area (TPSA) is 79.0 Å². The van der Waals surface area contributed by atoms with Crippen LogP contribution >= 0.6 is 11.6 Å². The number of rotatable bonds is 4. The SMILES string of the molecule is N#Cc1ccc(NCc2cccc(Cl)c2F)c([N+](=O)[O-])c1. The molecule has 2 aromatic carbocycles. The number of nitriles is 1. The molecule has 7 heteroatoms. The summed E-state index contributed by atoms with van der Waals surface area (Å²) in [5.41, 5.74) is 0.442. The van der Waals surface area contributed by atoms with Gasteiger partial charge in [0.15, 0.2) is 0 Å². The lowest BCUT2D eigenvalue weighted by atomic mass is 10.1. The number of nitrogens with zero attached hydrogens (tertiary/aromatic N) is 2. The molecule has 0 saturated heterocycles. The quantitative estimate of drug-likeness (QED) is 0.687. The zero-order valence-corrected chi connectivity index (χ0v) is 11.4. The average molecular weight is 306 g/mol. The van der Waals surface area contributed by atoms with E-state index in [1.54, 1.807) is 6.07 Å². The van der Waals surface area contributed by atoms with Crippen molar-refractivity contribution in [2.24, 2.45) is 0 Å². The molecule has 0 radical (unpaired) electrons. The highest BCUT2D eigenvalue weighted by atomic mass is 35.5. The summed E-state index contributed by atoms with van der Waals surface area (Å²) in [6.45, 7) is 0.0408. The fourth-order valence-corrected chi connectivity index (χ4v) is 1.97. The highest BCUT2D eigenvalue weighted by Gasteiger charge is 2.15. The minimum absolute atomic E-state index is 0.0105. The van der Waals surface area contributed by atoms with Crippen molar-refractivity contribution in [2.75, 3.05) is 5.32 Å². The fourth-order valence-electron chi connectivity index (χ4n) is 1.78. The van der Waals surface area contributed by atoms with E-state index >= 15 is 0 Å². The summed E-state index contributed by atoms with van der Waals surface area (Å²) >= 11 is 5.67. The van der Waals surface area contributed by atoms with Gasteiger partial charge in [-0.05, 0) is 18.2 Å². The van der Waals surface area contributed by atoms with Crippen LogP contribution in [0.15, 0.2) is 36.4 Å². The molecule has 1 N–H and O–H groups in total. The molecular weight excluding hydrogens is 297 g/mol. The standard InChI is InChI=1S/C14H9ClFN3O2/c15-11-3-1-2-10(14(11)16)8-18-12-5-4-9(7-17)6-13(12)19(20)21/h1-6,18H,8H2. The Morgan fingerprint density at radius 1 is 1.38 bits per heavy atom. The number of nitro groups is 1. The third-order valence-electron chi connectivity index (χ3n) is 2.82. The van der Waals surface area contributed by atoms with Crippen molar-refractivity contribution >= 4 is 23.0 Å². The summed E-state index contributed by atoms with van der Waals surface area (Å²) in [4.78, 5) is 10.4. The van der Waals surface area contributed by atoms with Gasteiger partial charge in [0.05, 0.1) is 21.6 Å². The molecule has 0 unspecified atom stereocenters. The van der Waals surface area contributed by atoms with E-state index in [2.05, 4.69) is 5.32 Å². The first-order valence-electron chi connectivity index (χ1n) is 5.88. The molecule has 0 bridgehead atoms. The van der Waals surface area contributed by atoms with Gasteiger partial charge in [0.1, 0.15) is 11.5 Å². The Hall–Kier alpha value is -2.65. The summed E-state index contributed by atoms with van der Waals surface area (Å²) in [6.07, 6.45) is 0. The molecule has 0 aromatic heterocycles. The van der Waals surface area contributed by atoms with Crippen LogP contribution in [-0.4, -0.2) is 4.92 Å². The highest BCUT2D eigenvalue weighted by Crippen LogP contribution is 2.26. The van der Waals surface area contributed by atoms with Crippen LogP contribution in [0.3, 0.4) is 0 Å². The molecular formula is C14H9ClFN3O2. The number of anilines is 1. The van der Waals surface area contributed by atoms with Crippen LogP contribution < -0.4 is 5.32 Å². The molecule has 0 saturated carbocycles. The summed E-state index contributed by atoms with van der Waals surface area (Å²) in [6, 6.07) is 10.4. The largest absolute Gasteiger partial charge is 0.375 e. The third-order valence-corrected chi connectivity index (χ3v) is 3.12. The summed E-state index contributed by atoms with van der Waals surface area (Å²) < 4.78 is 13.7. The molecule has 2 rings (SSSR count). The highest BCUT2D eigenvalue weighted by molar-refractivity contribution is 6.30. The van der Waals surface area contributed by atoms with E-state index in [0.717, 1.165) is 6.07 Å². The van der Waals surface area contributed by atoms with Gasteiger partial charge in [-0.3, -0.25) is 10.1 Å². The predicted octanol–water partition coefficient (Wildman–Crippen LogP) is 3.87. The molecule has 21 heavy (non-hydrogen) atoms. The molecule has 0 spiro atoms. The van der Waals surface area contributed by atoms with Crippen molar-refractivity contribution in [1.29, 1.82) is 5.26 Å². The molecule has 0 heterocycles. The second-order valence-corrected chi connectivity index (χ2v) is 4.57. The van der Waals surface area contributed by atoms with Crippen LogP contribution in [0.4, 0.5) is 15.8 Å². The van der Waals surface area contributed by atoms with Gasteiger partial charge in [0.25, 0.3) is 5.69 Å². The molecule has 0 atom stereocenters. The lowest BCUT2D eigenvalue weighted by Gasteiger charge is -2.09. The van der Waals surface area contributed by atoms with E-state index in [9.17, 15) is 14.5 Å². The molecule has 0 aliphatic heterocycles. The van der Waals surface area contributed by atoms with Crippen LogP contribution in [0.1, 0.15) is 11.1 Å². The molecule has 0 fully saturated rings. The van der Waals surface area contributed by atoms with Gasteiger partial charge < -0.3 is 5.32 Å². The first-order valence-corrected chi connectivity index (χ1v) is 6.26. The number of nitro benzene ring substituents is 1. The Labute approximate surface area is 124 Å². The van der Waals surface area contributed by atoms with E-state index in [4.69, 9.17) is 16.9 Å². The first-order chi connectivity index (χ1) is 10.0. The number of benzene rings is 2. The van der Waals surface area contributed by atoms with Crippen LogP contribution in [0.25, 0.3) is 0 Å². The molecule has 106 valence electrons. The predicted molar refractivity (Wildman–Crippen MR) is 76.5 cm³/mol. The number of hydrogen-bond acceptors (Lipinski definition) is 4. The Morgan fingerprint density at radius 3 is 2.81 bits per heavy atom. The van der Waals surface area contributed by atoms with Crippen LogP contribution in [-0.2, 0) is 6.54 Å². The van der Waals surface area contributed by atoms with E-state index < -0.39 is 10.7 Å². The summed E-state index contributed by atoms with van der Waals surface area (Å²) in [5, 5.41) is 22.5. The normalized spacial score (nSPS) is 9.95. The van der Waals surface area contributed by atoms with Gasteiger partial charge in [-0.1, -0.05) is 23.7 Å². The van der Waals surface area contributed by atoms with Crippen LogP contribution in [0.5, 0.6) is 0 Å². The van der Waals surface area contributed by atoms with Crippen molar-refractivity contribution in [2.45, 2.75) is 6.54 Å². The second kappa shape index (κ2) is 6.20. The lowest BCUT2D eigenvalue weighted by Crippen LogP contribution is -2.04. The molecule has 0 amide bonds. The monoisotopic (exact) mass is 305 g/mol. The zero-order chi connectivity index (χ0) is 15.4. The lowest BCUT2D eigenvalue weighted by molar-refractivity contribution is -0.384. The maximum absolute atomic E-state index is 13.7. The minimum Gasteiger partial charge on any atom is -0.375 e. The Kier molecular flexibility index (Phi) is 4.36. The minimum atomic E-state index is -0.600.